The highest BCUT2D eigenvalue weighted by molar-refractivity contribution is 7.92. The first kappa shape index (κ1) is 23.9. The third-order valence-electron chi connectivity index (χ3n) is 4.58. The number of hydrogen-bond donors (Lipinski definition) is 2. The van der Waals surface area contributed by atoms with Crippen LogP contribution in [-0.4, -0.2) is 34.6 Å². The number of ether oxygens (including phenoxy) is 3. The van der Waals surface area contributed by atoms with E-state index in [1.54, 1.807) is 37.3 Å². The molecule has 9 heteroatoms. The highest BCUT2D eigenvalue weighted by atomic mass is 32.2. The molecule has 0 aliphatic carbocycles. The van der Waals surface area contributed by atoms with E-state index in [0.29, 0.717) is 47.4 Å². The summed E-state index contributed by atoms with van der Waals surface area (Å²) >= 11 is 0. The number of para-hydroxylation sites is 2. The molecule has 0 atom stereocenters. The monoisotopic (exact) mass is 470 g/mol. The molecule has 8 nitrogen and oxygen atoms in total. The second kappa shape index (κ2) is 10.7. The Bertz CT molecular complexity index is 1210. The zero-order valence-corrected chi connectivity index (χ0v) is 19.4. The third-order valence-corrected chi connectivity index (χ3v) is 5.96. The molecule has 0 aliphatic heterocycles. The molecule has 0 heterocycles. The molecular weight excluding hydrogens is 444 g/mol. The molecule has 33 heavy (non-hydrogen) atoms. The summed E-state index contributed by atoms with van der Waals surface area (Å²) in [6.45, 7) is 4.44. The molecule has 0 bridgehead atoms. The van der Waals surface area contributed by atoms with Crippen LogP contribution in [0.3, 0.4) is 0 Å². The Balaban J connectivity index is 1.74. The van der Waals surface area contributed by atoms with E-state index in [4.69, 9.17) is 14.2 Å². The van der Waals surface area contributed by atoms with Crippen molar-refractivity contribution in [2.75, 3.05) is 30.4 Å². The van der Waals surface area contributed by atoms with Crippen molar-refractivity contribution in [3.8, 4) is 17.2 Å². The second-order valence-electron chi connectivity index (χ2n) is 6.81. The maximum Gasteiger partial charge on any atom is 0.262 e. The second-order valence-corrected chi connectivity index (χ2v) is 8.49. The summed E-state index contributed by atoms with van der Waals surface area (Å²) in [6.07, 6.45) is 0. The van der Waals surface area contributed by atoms with Crippen molar-refractivity contribution in [2.24, 2.45) is 0 Å². The minimum absolute atomic E-state index is 0.0346. The summed E-state index contributed by atoms with van der Waals surface area (Å²) in [4.78, 5) is 12.6. The molecule has 0 saturated carbocycles. The van der Waals surface area contributed by atoms with Gasteiger partial charge in [0, 0.05) is 17.3 Å². The zero-order valence-electron chi connectivity index (χ0n) is 18.6. The van der Waals surface area contributed by atoms with E-state index >= 15 is 0 Å². The van der Waals surface area contributed by atoms with E-state index in [9.17, 15) is 13.2 Å². The van der Waals surface area contributed by atoms with E-state index in [-0.39, 0.29) is 10.8 Å². The lowest BCUT2D eigenvalue weighted by molar-refractivity contribution is 0.102. The standard InChI is InChI=1S/C24H26N2O6S/c1-4-31-22-15-14-19(16-23(22)32-5-2)33(28,29)26-18-12-10-17(11-13-18)24(27)25-20-8-6-7-9-21(20)30-3/h6-16,26H,4-5H2,1-3H3,(H,25,27). The summed E-state index contributed by atoms with van der Waals surface area (Å²) in [5.74, 6) is 1.02. The van der Waals surface area contributed by atoms with Gasteiger partial charge in [-0.15, -0.1) is 0 Å². The summed E-state index contributed by atoms with van der Waals surface area (Å²) in [5, 5.41) is 2.78. The number of hydrogen-bond acceptors (Lipinski definition) is 6. The number of rotatable bonds is 10. The van der Waals surface area contributed by atoms with Crippen LogP contribution in [0.2, 0.25) is 0 Å². The average Bonchev–Trinajstić information content (AvgIpc) is 2.81. The van der Waals surface area contributed by atoms with Gasteiger partial charge < -0.3 is 19.5 Å². The van der Waals surface area contributed by atoms with Gasteiger partial charge in [-0.25, -0.2) is 8.42 Å². The molecular formula is C24H26N2O6S. The number of methoxy groups -OCH3 is 1. The molecule has 0 aromatic heterocycles. The van der Waals surface area contributed by atoms with Crippen LogP contribution in [0.5, 0.6) is 17.2 Å². The van der Waals surface area contributed by atoms with Gasteiger partial charge in [-0.05, 0) is 62.4 Å². The number of carbonyl (C=O) groups excluding carboxylic acids is 1. The van der Waals surface area contributed by atoms with Crippen molar-refractivity contribution in [1.82, 2.24) is 0 Å². The molecule has 3 rings (SSSR count). The Kier molecular flexibility index (Phi) is 7.78. The van der Waals surface area contributed by atoms with Gasteiger partial charge in [-0.3, -0.25) is 9.52 Å². The summed E-state index contributed by atoms with van der Waals surface area (Å²) in [5.41, 5.74) is 1.22. The first-order valence-electron chi connectivity index (χ1n) is 10.3. The van der Waals surface area contributed by atoms with Crippen LogP contribution >= 0.6 is 0 Å². The van der Waals surface area contributed by atoms with Gasteiger partial charge in [-0.2, -0.15) is 0 Å². The summed E-state index contributed by atoms with van der Waals surface area (Å²) < 4.78 is 44.5. The fraction of sp³-hybridized carbons (Fsp3) is 0.208. The Labute approximate surface area is 193 Å². The predicted octanol–water partition coefficient (Wildman–Crippen LogP) is 4.55. The topological polar surface area (TPSA) is 103 Å². The highest BCUT2D eigenvalue weighted by Crippen LogP contribution is 2.31. The number of amides is 1. The largest absolute Gasteiger partial charge is 0.495 e. The van der Waals surface area contributed by atoms with Crippen LogP contribution in [-0.2, 0) is 10.0 Å². The molecule has 3 aromatic rings. The Hall–Kier alpha value is -3.72. The normalized spacial score (nSPS) is 10.9. The van der Waals surface area contributed by atoms with Crippen molar-refractivity contribution < 1.29 is 27.4 Å². The first-order valence-corrected chi connectivity index (χ1v) is 11.8. The molecule has 1 amide bonds. The maximum atomic E-state index is 12.9. The van der Waals surface area contributed by atoms with E-state index in [2.05, 4.69) is 10.0 Å². The van der Waals surface area contributed by atoms with E-state index in [0.717, 1.165) is 0 Å². The Morgan fingerprint density at radius 1 is 0.848 bits per heavy atom. The average molecular weight is 471 g/mol. The lowest BCUT2D eigenvalue weighted by Crippen LogP contribution is -2.15. The zero-order chi connectivity index (χ0) is 23.8. The van der Waals surface area contributed by atoms with Gasteiger partial charge in [0.2, 0.25) is 0 Å². The smallest absolute Gasteiger partial charge is 0.262 e. The maximum absolute atomic E-state index is 12.9. The van der Waals surface area contributed by atoms with Gasteiger partial charge >= 0.3 is 0 Å². The first-order chi connectivity index (χ1) is 15.9. The Morgan fingerprint density at radius 2 is 1.52 bits per heavy atom. The van der Waals surface area contributed by atoms with Crippen LogP contribution < -0.4 is 24.2 Å². The molecule has 0 spiro atoms. The fourth-order valence-corrected chi connectivity index (χ4v) is 4.12. The highest BCUT2D eigenvalue weighted by Gasteiger charge is 2.18. The number of nitrogens with one attached hydrogen (secondary N) is 2. The SMILES string of the molecule is CCOc1ccc(S(=O)(=O)Nc2ccc(C(=O)Nc3ccccc3OC)cc2)cc1OCC. The minimum Gasteiger partial charge on any atom is -0.495 e. The number of sulfonamides is 1. The lowest BCUT2D eigenvalue weighted by atomic mass is 10.2. The van der Waals surface area contributed by atoms with Gasteiger partial charge in [0.15, 0.2) is 11.5 Å². The molecule has 0 fully saturated rings. The van der Waals surface area contributed by atoms with Crippen LogP contribution in [0.1, 0.15) is 24.2 Å². The summed E-state index contributed by atoms with van der Waals surface area (Å²) in [7, 11) is -2.36. The van der Waals surface area contributed by atoms with Crippen molar-refractivity contribution >= 4 is 27.3 Å². The molecule has 0 unspecified atom stereocenters. The molecule has 2 N–H and O–H groups in total. The van der Waals surface area contributed by atoms with Crippen LogP contribution in [0.4, 0.5) is 11.4 Å². The van der Waals surface area contributed by atoms with Crippen LogP contribution in [0, 0.1) is 0 Å². The van der Waals surface area contributed by atoms with E-state index < -0.39 is 10.0 Å². The summed E-state index contributed by atoms with van der Waals surface area (Å²) in [6, 6.07) is 17.6. The predicted molar refractivity (Wildman–Crippen MR) is 127 cm³/mol. The fourth-order valence-electron chi connectivity index (χ4n) is 3.04. The molecule has 0 radical (unpaired) electrons. The molecule has 3 aromatic carbocycles. The van der Waals surface area contributed by atoms with E-state index in [1.165, 1.54) is 43.5 Å². The van der Waals surface area contributed by atoms with Crippen molar-refractivity contribution in [2.45, 2.75) is 18.7 Å². The van der Waals surface area contributed by atoms with Crippen molar-refractivity contribution in [3.05, 3.63) is 72.3 Å². The van der Waals surface area contributed by atoms with Crippen LogP contribution in [0.25, 0.3) is 0 Å². The Morgan fingerprint density at radius 3 is 2.18 bits per heavy atom. The quantitative estimate of drug-likeness (QED) is 0.451. The molecule has 0 aliphatic rings. The van der Waals surface area contributed by atoms with Crippen molar-refractivity contribution in [3.63, 3.8) is 0 Å². The molecule has 174 valence electrons. The third kappa shape index (κ3) is 5.95. The van der Waals surface area contributed by atoms with Gasteiger partial charge in [0.25, 0.3) is 15.9 Å². The van der Waals surface area contributed by atoms with Gasteiger partial charge in [0.1, 0.15) is 5.75 Å². The molecule has 0 saturated heterocycles. The van der Waals surface area contributed by atoms with Crippen molar-refractivity contribution in [1.29, 1.82) is 0 Å². The number of carbonyl (C=O) groups is 1. The number of benzene rings is 3. The van der Waals surface area contributed by atoms with E-state index in [1.807, 2.05) is 6.92 Å². The van der Waals surface area contributed by atoms with Crippen LogP contribution in [0.15, 0.2) is 71.6 Å². The minimum atomic E-state index is -3.88. The van der Waals surface area contributed by atoms with Gasteiger partial charge in [-0.1, -0.05) is 12.1 Å². The lowest BCUT2D eigenvalue weighted by Gasteiger charge is -2.14. The van der Waals surface area contributed by atoms with Gasteiger partial charge in [0.05, 0.1) is 30.9 Å². The number of anilines is 2.